The van der Waals surface area contributed by atoms with E-state index in [9.17, 15) is 9.59 Å². The number of pyridine rings is 2. The molecule has 2 aromatic heterocycles. The minimum absolute atomic E-state index is 0.0355. The van der Waals surface area contributed by atoms with E-state index in [4.69, 9.17) is 15.3 Å². The fourth-order valence-corrected chi connectivity index (χ4v) is 5.22. The molecule has 0 radical (unpaired) electrons. The average Bonchev–Trinajstić information content (AvgIpc) is 3.05. The number of esters is 1. The van der Waals surface area contributed by atoms with Crippen LogP contribution in [0.25, 0.3) is 0 Å². The normalized spacial score (nSPS) is 20.5. The monoisotopic (exact) mass is 559 g/mol. The Hall–Kier alpha value is -4.42. The molecule has 4 heterocycles. The van der Waals surface area contributed by atoms with E-state index in [1.807, 2.05) is 23.1 Å². The van der Waals surface area contributed by atoms with Crippen LogP contribution in [-0.2, 0) is 9.53 Å². The molecule has 1 aliphatic carbocycles. The Balaban J connectivity index is 0.000000231. The third-order valence-corrected chi connectivity index (χ3v) is 7.68. The molecule has 0 unspecified atom stereocenters. The summed E-state index contributed by atoms with van der Waals surface area (Å²) in [6, 6.07) is 11.5. The summed E-state index contributed by atoms with van der Waals surface area (Å²) >= 11 is 0. The van der Waals surface area contributed by atoms with Gasteiger partial charge in [-0.15, -0.1) is 0 Å². The first-order chi connectivity index (χ1) is 20.0. The second-order valence-electron chi connectivity index (χ2n) is 10.3. The van der Waals surface area contributed by atoms with Crippen molar-refractivity contribution in [3.05, 3.63) is 47.8 Å². The number of aromatic nitrogens is 2. The molecule has 0 aromatic carbocycles. The zero-order valence-corrected chi connectivity index (χ0v) is 23.5. The van der Waals surface area contributed by atoms with Crippen LogP contribution in [0.5, 0.6) is 0 Å². The van der Waals surface area contributed by atoms with Gasteiger partial charge in [0.1, 0.15) is 23.8 Å². The van der Waals surface area contributed by atoms with E-state index >= 15 is 0 Å². The molecule has 12 nitrogen and oxygen atoms in total. The van der Waals surface area contributed by atoms with Crippen LogP contribution in [0.2, 0.25) is 0 Å². The van der Waals surface area contributed by atoms with Gasteiger partial charge in [0.2, 0.25) is 0 Å². The number of ether oxygens (including phenoxy) is 1. The molecule has 216 valence electrons. The highest BCUT2D eigenvalue weighted by molar-refractivity contribution is 5.75. The van der Waals surface area contributed by atoms with Crippen LogP contribution >= 0.6 is 0 Å². The minimum atomic E-state index is -0.146. The molecule has 12 heteroatoms. The molecule has 2 aromatic rings. The lowest BCUT2D eigenvalue weighted by molar-refractivity contribution is -0.146. The summed E-state index contributed by atoms with van der Waals surface area (Å²) < 4.78 is 4.80. The van der Waals surface area contributed by atoms with Gasteiger partial charge in [-0.3, -0.25) is 4.79 Å². The third kappa shape index (κ3) is 8.29. The number of nitrogens with one attached hydrogen (secondary N) is 2. The first kappa shape index (κ1) is 29.6. The molecule has 5 rings (SSSR count). The van der Waals surface area contributed by atoms with Crippen LogP contribution < -0.4 is 20.4 Å². The van der Waals surface area contributed by atoms with Gasteiger partial charge in [-0.1, -0.05) is 0 Å². The average molecular weight is 560 g/mol. The van der Waals surface area contributed by atoms with Gasteiger partial charge in [-0.05, 0) is 49.9 Å². The van der Waals surface area contributed by atoms with E-state index < -0.39 is 0 Å². The van der Waals surface area contributed by atoms with E-state index in [-0.39, 0.29) is 24.0 Å². The van der Waals surface area contributed by atoms with E-state index in [1.165, 1.54) is 7.11 Å². The second-order valence-corrected chi connectivity index (χ2v) is 10.3. The fourth-order valence-electron chi connectivity index (χ4n) is 5.22. The Bertz CT molecular complexity index is 1220. The topological polar surface area (TPSA) is 151 Å². The predicted octanol–water partition coefficient (Wildman–Crippen LogP) is 1.88. The molecule has 2 saturated heterocycles. The van der Waals surface area contributed by atoms with Crippen LogP contribution in [0.3, 0.4) is 0 Å². The first-order valence-corrected chi connectivity index (χ1v) is 14.1. The van der Waals surface area contributed by atoms with Gasteiger partial charge in [0.05, 0.1) is 24.2 Å². The summed E-state index contributed by atoms with van der Waals surface area (Å²) in [5, 5.41) is 23.9. The SMILES string of the molecule is COC(=O)C1CCC(NC(=O)N2CCN(c3ccc(C#N)cn3)CC2)CC1.N#Cc1ccc(N2CCNCC2)nc1. The molecule has 3 fully saturated rings. The van der Waals surface area contributed by atoms with Gasteiger partial charge < -0.3 is 30.1 Å². The number of methoxy groups -OCH3 is 1. The van der Waals surface area contributed by atoms with Crippen molar-refractivity contribution in [1.82, 2.24) is 25.5 Å². The molecule has 2 amide bonds. The summed E-state index contributed by atoms with van der Waals surface area (Å²) in [6.07, 6.45) is 6.32. The summed E-state index contributed by atoms with van der Waals surface area (Å²) in [7, 11) is 1.42. The number of rotatable bonds is 4. The zero-order valence-electron chi connectivity index (χ0n) is 23.5. The number of carbonyl (C=O) groups is 2. The molecule has 2 aliphatic heterocycles. The molecule has 0 atom stereocenters. The molecule has 2 N–H and O–H groups in total. The number of carbonyl (C=O) groups excluding carboxylic acids is 2. The molecule has 0 bridgehead atoms. The van der Waals surface area contributed by atoms with Gasteiger partial charge in [-0.2, -0.15) is 10.5 Å². The molecular weight excluding hydrogens is 522 g/mol. The number of nitrogens with zero attached hydrogens (tertiary/aromatic N) is 7. The van der Waals surface area contributed by atoms with Gasteiger partial charge in [0.25, 0.3) is 0 Å². The molecule has 1 saturated carbocycles. The van der Waals surface area contributed by atoms with Crippen LogP contribution in [0.1, 0.15) is 36.8 Å². The lowest BCUT2D eigenvalue weighted by atomic mass is 9.86. The van der Waals surface area contributed by atoms with Crippen molar-refractivity contribution in [1.29, 1.82) is 10.5 Å². The highest BCUT2D eigenvalue weighted by Crippen LogP contribution is 2.25. The molecule has 0 spiro atoms. The van der Waals surface area contributed by atoms with Crippen LogP contribution in [0.15, 0.2) is 36.7 Å². The Morgan fingerprint density at radius 1 is 0.854 bits per heavy atom. The van der Waals surface area contributed by atoms with Crippen molar-refractivity contribution < 1.29 is 14.3 Å². The standard InChI is InChI=1S/C19H25N5O3.C10H12N4/c1-27-18(25)15-3-5-16(6-4-15)22-19(26)24-10-8-23(9-11-24)17-7-2-14(12-20)13-21-17;11-7-9-1-2-10(13-8-9)14-5-3-12-4-6-14/h2,7,13,15-16H,3-6,8-11H2,1H3,(H,22,26);1-2,8,12H,3-6H2. The Kier molecular flexibility index (Phi) is 10.7. The summed E-state index contributed by atoms with van der Waals surface area (Å²) in [6.45, 7) is 6.65. The van der Waals surface area contributed by atoms with E-state index in [1.54, 1.807) is 18.5 Å². The van der Waals surface area contributed by atoms with Crippen molar-refractivity contribution in [2.75, 3.05) is 69.3 Å². The fraction of sp³-hybridized carbons (Fsp3) is 0.517. The largest absolute Gasteiger partial charge is 0.469 e. The number of amides is 2. The second kappa shape index (κ2) is 14.8. The summed E-state index contributed by atoms with van der Waals surface area (Å²) in [5.74, 6) is 1.61. The van der Waals surface area contributed by atoms with Gasteiger partial charge >= 0.3 is 12.0 Å². The number of nitriles is 2. The van der Waals surface area contributed by atoms with E-state index in [0.29, 0.717) is 37.3 Å². The molecule has 3 aliphatic rings. The van der Waals surface area contributed by atoms with Gasteiger partial charge in [0, 0.05) is 70.8 Å². The van der Waals surface area contributed by atoms with Gasteiger partial charge in [-0.25, -0.2) is 14.8 Å². The lowest BCUT2D eigenvalue weighted by Crippen LogP contribution is -2.54. The van der Waals surface area contributed by atoms with Crippen LogP contribution in [-0.4, -0.2) is 92.4 Å². The van der Waals surface area contributed by atoms with Crippen molar-refractivity contribution >= 4 is 23.6 Å². The predicted molar refractivity (Wildman–Crippen MR) is 153 cm³/mol. The zero-order chi connectivity index (χ0) is 29.0. The maximum atomic E-state index is 12.5. The molecule has 41 heavy (non-hydrogen) atoms. The highest BCUT2D eigenvalue weighted by atomic mass is 16.5. The third-order valence-electron chi connectivity index (χ3n) is 7.68. The lowest BCUT2D eigenvalue weighted by Gasteiger charge is -2.36. The Morgan fingerprint density at radius 2 is 1.39 bits per heavy atom. The summed E-state index contributed by atoms with van der Waals surface area (Å²) in [4.78, 5) is 38.8. The van der Waals surface area contributed by atoms with Crippen molar-refractivity contribution in [3.8, 4) is 12.1 Å². The van der Waals surface area contributed by atoms with Gasteiger partial charge in [0.15, 0.2) is 0 Å². The van der Waals surface area contributed by atoms with Crippen LogP contribution in [0, 0.1) is 28.6 Å². The van der Waals surface area contributed by atoms with Crippen molar-refractivity contribution in [2.24, 2.45) is 5.92 Å². The Labute approximate surface area is 240 Å². The maximum Gasteiger partial charge on any atom is 0.317 e. The smallest absolute Gasteiger partial charge is 0.317 e. The van der Waals surface area contributed by atoms with Crippen molar-refractivity contribution in [3.63, 3.8) is 0 Å². The maximum absolute atomic E-state index is 12.5. The Morgan fingerprint density at radius 3 is 1.85 bits per heavy atom. The number of anilines is 2. The van der Waals surface area contributed by atoms with Crippen LogP contribution in [0.4, 0.5) is 16.4 Å². The van der Waals surface area contributed by atoms with E-state index in [0.717, 1.165) is 63.5 Å². The molecular formula is C29H37N9O3. The van der Waals surface area contributed by atoms with Crippen molar-refractivity contribution in [2.45, 2.75) is 31.7 Å². The number of urea groups is 1. The summed E-state index contributed by atoms with van der Waals surface area (Å²) in [5.41, 5.74) is 1.16. The number of hydrogen-bond acceptors (Lipinski definition) is 10. The minimum Gasteiger partial charge on any atom is -0.469 e. The number of piperazine rings is 2. The quantitative estimate of drug-likeness (QED) is 0.532. The first-order valence-electron chi connectivity index (χ1n) is 14.1. The highest BCUT2D eigenvalue weighted by Gasteiger charge is 2.29. The van der Waals surface area contributed by atoms with E-state index in [2.05, 4.69) is 42.5 Å². The number of hydrogen-bond donors (Lipinski definition) is 2.